The van der Waals surface area contributed by atoms with E-state index < -0.39 is 21.9 Å². The van der Waals surface area contributed by atoms with Crippen LogP contribution in [0, 0.1) is 0 Å². The molecule has 1 atom stereocenters. The molecule has 1 aromatic rings. The fourth-order valence-corrected chi connectivity index (χ4v) is 3.14. The molecule has 0 bridgehead atoms. The number of hydrogen-bond donors (Lipinski definition) is 1. The summed E-state index contributed by atoms with van der Waals surface area (Å²) in [7, 11) is -3.31. The van der Waals surface area contributed by atoms with Gasteiger partial charge in [-0.15, -0.1) is 0 Å². The maximum Gasteiger partial charge on any atom is 0.338 e. The Kier molecular flexibility index (Phi) is 5.41. The van der Waals surface area contributed by atoms with E-state index in [2.05, 4.69) is 5.32 Å². The number of carbonyl (C=O) groups is 2. The van der Waals surface area contributed by atoms with Gasteiger partial charge in [-0.2, -0.15) is 0 Å². The number of benzene rings is 1. The summed E-state index contributed by atoms with van der Waals surface area (Å²) in [6.07, 6.45) is 4.32. The molecule has 0 saturated heterocycles. The SMILES string of the molecule is CC(OC(=O)c1ccc(S(C)(=O)=O)cc1)C(=O)NC1CCCC1. The molecule has 1 unspecified atom stereocenters. The van der Waals surface area contributed by atoms with Crippen molar-refractivity contribution in [3.05, 3.63) is 29.8 Å². The minimum Gasteiger partial charge on any atom is -0.449 e. The lowest BCUT2D eigenvalue weighted by Crippen LogP contribution is -2.40. The number of rotatable bonds is 5. The summed E-state index contributed by atoms with van der Waals surface area (Å²) < 4.78 is 27.9. The minimum atomic E-state index is -3.31. The molecule has 2 rings (SSSR count). The topological polar surface area (TPSA) is 89.5 Å². The van der Waals surface area contributed by atoms with Gasteiger partial charge in [-0.3, -0.25) is 4.79 Å². The summed E-state index contributed by atoms with van der Waals surface area (Å²) in [5, 5.41) is 2.87. The Hall–Kier alpha value is -1.89. The maximum atomic E-state index is 12.0. The lowest BCUT2D eigenvalue weighted by atomic mass is 10.2. The van der Waals surface area contributed by atoms with Crippen LogP contribution in [0.15, 0.2) is 29.2 Å². The third kappa shape index (κ3) is 4.79. The maximum absolute atomic E-state index is 12.0. The molecule has 126 valence electrons. The van der Waals surface area contributed by atoms with Crippen molar-refractivity contribution in [3.63, 3.8) is 0 Å². The molecule has 1 amide bonds. The van der Waals surface area contributed by atoms with Crippen LogP contribution >= 0.6 is 0 Å². The Bertz CT molecular complexity index is 675. The van der Waals surface area contributed by atoms with Gasteiger partial charge in [-0.1, -0.05) is 12.8 Å². The Morgan fingerprint density at radius 1 is 1.17 bits per heavy atom. The van der Waals surface area contributed by atoms with E-state index in [1.165, 1.54) is 31.2 Å². The van der Waals surface area contributed by atoms with E-state index in [0.29, 0.717) is 0 Å². The zero-order valence-corrected chi connectivity index (χ0v) is 14.1. The number of nitrogens with one attached hydrogen (secondary N) is 1. The third-order valence-electron chi connectivity index (χ3n) is 3.87. The third-order valence-corrected chi connectivity index (χ3v) is 5.00. The van der Waals surface area contributed by atoms with Gasteiger partial charge in [-0.05, 0) is 44.0 Å². The van der Waals surface area contributed by atoms with E-state index in [1.807, 2.05) is 0 Å². The Morgan fingerprint density at radius 3 is 2.26 bits per heavy atom. The lowest BCUT2D eigenvalue weighted by Gasteiger charge is -2.17. The molecule has 1 N–H and O–H groups in total. The highest BCUT2D eigenvalue weighted by Crippen LogP contribution is 2.18. The number of hydrogen-bond acceptors (Lipinski definition) is 5. The highest BCUT2D eigenvalue weighted by Gasteiger charge is 2.23. The molecule has 1 aromatic carbocycles. The number of amides is 1. The van der Waals surface area contributed by atoms with Gasteiger partial charge >= 0.3 is 5.97 Å². The molecule has 0 aromatic heterocycles. The van der Waals surface area contributed by atoms with Crippen LogP contribution in [-0.4, -0.2) is 38.7 Å². The van der Waals surface area contributed by atoms with Crippen LogP contribution in [0.1, 0.15) is 43.0 Å². The van der Waals surface area contributed by atoms with E-state index in [1.54, 1.807) is 0 Å². The van der Waals surface area contributed by atoms with Crippen LogP contribution < -0.4 is 5.32 Å². The minimum absolute atomic E-state index is 0.126. The molecule has 1 saturated carbocycles. The van der Waals surface area contributed by atoms with Crippen molar-refractivity contribution in [2.75, 3.05) is 6.26 Å². The first-order valence-electron chi connectivity index (χ1n) is 7.59. The fourth-order valence-electron chi connectivity index (χ4n) is 2.51. The van der Waals surface area contributed by atoms with Crippen molar-refractivity contribution >= 4 is 21.7 Å². The highest BCUT2D eigenvalue weighted by molar-refractivity contribution is 7.90. The predicted octanol–water partition coefficient (Wildman–Crippen LogP) is 1.69. The molecule has 1 aliphatic rings. The van der Waals surface area contributed by atoms with Crippen LogP contribution in [0.25, 0.3) is 0 Å². The van der Waals surface area contributed by atoms with Crippen LogP contribution in [0.3, 0.4) is 0 Å². The number of ether oxygens (including phenoxy) is 1. The van der Waals surface area contributed by atoms with Crippen LogP contribution in [0.5, 0.6) is 0 Å². The molecule has 23 heavy (non-hydrogen) atoms. The molecule has 7 heteroatoms. The second-order valence-electron chi connectivity index (χ2n) is 5.83. The lowest BCUT2D eigenvalue weighted by molar-refractivity contribution is -0.129. The van der Waals surface area contributed by atoms with Gasteiger partial charge in [0.1, 0.15) is 0 Å². The van der Waals surface area contributed by atoms with Gasteiger partial charge in [0, 0.05) is 12.3 Å². The fraction of sp³-hybridized carbons (Fsp3) is 0.500. The quantitative estimate of drug-likeness (QED) is 0.825. The van der Waals surface area contributed by atoms with Crippen molar-refractivity contribution in [1.29, 1.82) is 0 Å². The number of esters is 1. The van der Waals surface area contributed by atoms with Crippen LogP contribution in [0.2, 0.25) is 0 Å². The van der Waals surface area contributed by atoms with E-state index >= 15 is 0 Å². The number of carbonyl (C=O) groups excluding carboxylic acids is 2. The summed E-state index contributed by atoms with van der Waals surface area (Å²) >= 11 is 0. The van der Waals surface area contributed by atoms with Crippen molar-refractivity contribution in [1.82, 2.24) is 5.32 Å². The van der Waals surface area contributed by atoms with Gasteiger partial charge in [0.15, 0.2) is 15.9 Å². The molecular weight excluding hydrogens is 318 g/mol. The van der Waals surface area contributed by atoms with Crippen molar-refractivity contribution in [2.45, 2.75) is 49.6 Å². The van der Waals surface area contributed by atoms with Gasteiger partial charge < -0.3 is 10.1 Å². The van der Waals surface area contributed by atoms with E-state index in [9.17, 15) is 18.0 Å². The summed E-state index contributed by atoms with van der Waals surface area (Å²) in [4.78, 5) is 24.1. The van der Waals surface area contributed by atoms with E-state index in [-0.39, 0.29) is 22.4 Å². The highest BCUT2D eigenvalue weighted by atomic mass is 32.2. The first kappa shape index (κ1) is 17.5. The molecular formula is C16H21NO5S. The largest absolute Gasteiger partial charge is 0.449 e. The van der Waals surface area contributed by atoms with E-state index in [0.717, 1.165) is 31.9 Å². The van der Waals surface area contributed by atoms with Gasteiger partial charge in [0.05, 0.1) is 10.5 Å². The molecule has 0 aliphatic heterocycles. The molecule has 0 spiro atoms. The first-order valence-corrected chi connectivity index (χ1v) is 9.48. The van der Waals surface area contributed by atoms with Crippen molar-refractivity contribution in [2.24, 2.45) is 0 Å². The Labute approximate surface area is 136 Å². The number of sulfone groups is 1. The summed E-state index contributed by atoms with van der Waals surface area (Å²) in [5.74, 6) is -0.961. The van der Waals surface area contributed by atoms with Gasteiger partial charge in [0.2, 0.25) is 0 Å². The summed E-state index contributed by atoms with van der Waals surface area (Å²) in [6.45, 7) is 1.52. The average molecular weight is 339 g/mol. The smallest absolute Gasteiger partial charge is 0.338 e. The Morgan fingerprint density at radius 2 is 1.74 bits per heavy atom. The van der Waals surface area contributed by atoms with Crippen molar-refractivity contribution in [3.8, 4) is 0 Å². The second kappa shape index (κ2) is 7.12. The van der Waals surface area contributed by atoms with Gasteiger partial charge in [0.25, 0.3) is 5.91 Å². The monoisotopic (exact) mass is 339 g/mol. The molecule has 0 radical (unpaired) electrons. The molecule has 0 heterocycles. The summed E-state index contributed by atoms with van der Waals surface area (Å²) in [5.41, 5.74) is 0.206. The standard InChI is InChI=1S/C16H21NO5S/c1-11(15(18)17-13-5-3-4-6-13)22-16(19)12-7-9-14(10-8-12)23(2,20)21/h7-11,13H,3-6H2,1-2H3,(H,17,18). The molecule has 1 aliphatic carbocycles. The molecule has 6 nitrogen and oxygen atoms in total. The van der Waals surface area contributed by atoms with Crippen LogP contribution in [-0.2, 0) is 19.4 Å². The Balaban J connectivity index is 1.93. The zero-order chi connectivity index (χ0) is 17.0. The molecule has 1 fully saturated rings. The zero-order valence-electron chi connectivity index (χ0n) is 13.2. The predicted molar refractivity (Wildman–Crippen MR) is 84.8 cm³/mol. The normalized spacial score (nSPS) is 16.8. The second-order valence-corrected chi connectivity index (χ2v) is 7.85. The van der Waals surface area contributed by atoms with E-state index in [4.69, 9.17) is 4.74 Å². The van der Waals surface area contributed by atoms with Gasteiger partial charge in [-0.25, -0.2) is 13.2 Å². The van der Waals surface area contributed by atoms with Crippen molar-refractivity contribution < 1.29 is 22.7 Å². The summed E-state index contributed by atoms with van der Waals surface area (Å²) in [6, 6.07) is 5.60. The first-order chi connectivity index (χ1) is 10.8. The average Bonchev–Trinajstić information content (AvgIpc) is 2.99. The van der Waals surface area contributed by atoms with Crippen LogP contribution in [0.4, 0.5) is 0 Å².